The lowest BCUT2D eigenvalue weighted by Gasteiger charge is -2.34. The standard InChI is InChI=1S/C26H21IN2/c1-16-2-12-22-23-13-7-19(27)15-25(23)26(24(22)14-16,17-3-8-20(28)9-4-17)18-5-10-21(29)11-6-18/h2-15H,28-29H2,1H3. The lowest BCUT2D eigenvalue weighted by atomic mass is 9.67. The first-order valence-electron chi connectivity index (χ1n) is 9.64. The van der Waals surface area contributed by atoms with Crippen LogP contribution in [0.25, 0.3) is 11.1 Å². The van der Waals surface area contributed by atoms with Crippen LogP contribution >= 0.6 is 22.6 Å². The van der Waals surface area contributed by atoms with Gasteiger partial charge in [0.2, 0.25) is 0 Å². The van der Waals surface area contributed by atoms with Gasteiger partial charge in [-0.3, -0.25) is 0 Å². The van der Waals surface area contributed by atoms with Crippen LogP contribution in [0.2, 0.25) is 0 Å². The van der Waals surface area contributed by atoms with E-state index in [-0.39, 0.29) is 0 Å². The average Bonchev–Trinajstić information content (AvgIpc) is 2.99. The Hall–Kier alpha value is -2.79. The molecule has 0 aliphatic heterocycles. The van der Waals surface area contributed by atoms with Crippen LogP contribution in [-0.2, 0) is 5.41 Å². The first-order valence-corrected chi connectivity index (χ1v) is 10.7. The molecule has 2 nitrogen and oxygen atoms in total. The highest BCUT2D eigenvalue weighted by atomic mass is 127. The van der Waals surface area contributed by atoms with Crippen LogP contribution in [0, 0.1) is 10.5 Å². The molecule has 1 aliphatic carbocycles. The number of hydrogen-bond acceptors (Lipinski definition) is 2. The fraction of sp³-hybridized carbons (Fsp3) is 0.0769. The third kappa shape index (κ3) is 2.68. The number of nitrogen functional groups attached to an aromatic ring is 2. The number of aryl methyl sites for hydroxylation is 1. The highest BCUT2D eigenvalue weighted by Crippen LogP contribution is 2.56. The molecule has 4 N–H and O–H groups in total. The minimum absolute atomic E-state index is 0.404. The van der Waals surface area contributed by atoms with E-state index in [1.165, 1.54) is 42.5 Å². The minimum atomic E-state index is -0.404. The molecule has 0 saturated heterocycles. The van der Waals surface area contributed by atoms with Gasteiger partial charge in [0.25, 0.3) is 0 Å². The maximum absolute atomic E-state index is 6.05. The van der Waals surface area contributed by atoms with Gasteiger partial charge in [-0.05, 0) is 99.3 Å². The van der Waals surface area contributed by atoms with Gasteiger partial charge in [0.15, 0.2) is 0 Å². The molecule has 0 saturated carbocycles. The molecular formula is C26H21IN2. The second-order valence-corrected chi connectivity index (χ2v) is 8.98. The second kappa shape index (κ2) is 6.63. The van der Waals surface area contributed by atoms with Crippen molar-refractivity contribution in [1.82, 2.24) is 0 Å². The molecular weight excluding hydrogens is 467 g/mol. The fourth-order valence-electron chi connectivity index (χ4n) is 4.66. The van der Waals surface area contributed by atoms with Crippen molar-refractivity contribution < 1.29 is 0 Å². The molecule has 0 bridgehead atoms. The number of halogens is 1. The molecule has 4 aromatic rings. The van der Waals surface area contributed by atoms with Crippen LogP contribution in [0.3, 0.4) is 0 Å². The van der Waals surface area contributed by atoms with Gasteiger partial charge in [-0.1, -0.05) is 54.1 Å². The Labute approximate surface area is 184 Å². The van der Waals surface area contributed by atoms with Crippen LogP contribution in [0.4, 0.5) is 11.4 Å². The zero-order chi connectivity index (χ0) is 20.2. The molecule has 4 aromatic carbocycles. The number of rotatable bonds is 2. The highest BCUT2D eigenvalue weighted by molar-refractivity contribution is 14.1. The van der Waals surface area contributed by atoms with Crippen molar-refractivity contribution in [2.45, 2.75) is 12.3 Å². The Bertz CT molecular complexity index is 1130. The SMILES string of the molecule is Cc1ccc2c(c1)C(c1ccc(N)cc1)(c1ccc(N)cc1)c1cc(I)ccc1-2. The van der Waals surface area contributed by atoms with E-state index < -0.39 is 5.41 Å². The van der Waals surface area contributed by atoms with Crippen molar-refractivity contribution in [2.75, 3.05) is 11.5 Å². The summed E-state index contributed by atoms with van der Waals surface area (Å²) in [6.45, 7) is 2.16. The molecule has 0 spiro atoms. The van der Waals surface area contributed by atoms with Crippen LogP contribution in [-0.4, -0.2) is 0 Å². The van der Waals surface area contributed by atoms with Gasteiger partial charge < -0.3 is 11.5 Å². The number of anilines is 2. The molecule has 3 heteroatoms. The minimum Gasteiger partial charge on any atom is -0.399 e. The summed E-state index contributed by atoms with van der Waals surface area (Å²) in [5.74, 6) is 0. The molecule has 0 fully saturated rings. The van der Waals surface area contributed by atoms with Crippen LogP contribution in [0.15, 0.2) is 84.9 Å². The van der Waals surface area contributed by atoms with Gasteiger partial charge in [-0.15, -0.1) is 0 Å². The molecule has 0 heterocycles. The number of hydrogen-bond donors (Lipinski definition) is 2. The van der Waals surface area contributed by atoms with E-state index in [2.05, 4.69) is 90.2 Å². The maximum Gasteiger partial charge on any atom is 0.0714 e. The third-order valence-electron chi connectivity index (χ3n) is 5.94. The largest absolute Gasteiger partial charge is 0.399 e. The van der Waals surface area contributed by atoms with Crippen molar-refractivity contribution in [3.8, 4) is 11.1 Å². The second-order valence-electron chi connectivity index (χ2n) is 7.73. The predicted molar refractivity (Wildman–Crippen MR) is 130 cm³/mol. The number of nitrogens with two attached hydrogens (primary N) is 2. The van der Waals surface area contributed by atoms with Crippen molar-refractivity contribution >= 4 is 34.0 Å². The molecule has 0 amide bonds. The Morgan fingerprint density at radius 3 is 1.66 bits per heavy atom. The van der Waals surface area contributed by atoms with E-state index in [0.717, 1.165) is 11.4 Å². The maximum atomic E-state index is 6.05. The molecule has 142 valence electrons. The van der Waals surface area contributed by atoms with Crippen molar-refractivity contribution in [3.63, 3.8) is 0 Å². The number of fused-ring (bicyclic) bond motifs is 3. The van der Waals surface area contributed by atoms with E-state index in [0.29, 0.717) is 0 Å². The van der Waals surface area contributed by atoms with Gasteiger partial charge in [-0.2, -0.15) is 0 Å². The Balaban J connectivity index is 1.97. The van der Waals surface area contributed by atoms with E-state index in [4.69, 9.17) is 11.5 Å². The monoisotopic (exact) mass is 488 g/mol. The number of benzene rings is 4. The summed E-state index contributed by atoms with van der Waals surface area (Å²) in [5, 5.41) is 0. The molecule has 0 unspecified atom stereocenters. The molecule has 0 atom stereocenters. The van der Waals surface area contributed by atoms with Gasteiger partial charge in [-0.25, -0.2) is 0 Å². The van der Waals surface area contributed by atoms with Gasteiger partial charge in [0.1, 0.15) is 0 Å². The quantitative estimate of drug-likeness (QED) is 0.232. The summed E-state index contributed by atoms with van der Waals surface area (Å²) in [5.41, 5.74) is 22.1. The molecule has 5 rings (SSSR count). The summed E-state index contributed by atoms with van der Waals surface area (Å²) in [6.07, 6.45) is 0. The predicted octanol–water partition coefficient (Wildman–Crippen LogP) is 6.13. The zero-order valence-electron chi connectivity index (χ0n) is 16.1. The van der Waals surface area contributed by atoms with Crippen LogP contribution in [0.1, 0.15) is 27.8 Å². The topological polar surface area (TPSA) is 52.0 Å². The first kappa shape index (κ1) is 18.3. The summed E-state index contributed by atoms with van der Waals surface area (Å²) in [6, 6.07) is 30.2. The Morgan fingerprint density at radius 1 is 0.621 bits per heavy atom. The highest BCUT2D eigenvalue weighted by Gasteiger charge is 2.46. The zero-order valence-corrected chi connectivity index (χ0v) is 18.3. The van der Waals surface area contributed by atoms with Crippen molar-refractivity contribution in [3.05, 3.63) is 116 Å². The van der Waals surface area contributed by atoms with Gasteiger partial charge in [0, 0.05) is 14.9 Å². The van der Waals surface area contributed by atoms with Crippen molar-refractivity contribution in [1.29, 1.82) is 0 Å². The first-order chi connectivity index (χ1) is 14.0. The summed E-state index contributed by atoms with van der Waals surface area (Å²) in [4.78, 5) is 0. The summed E-state index contributed by atoms with van der Waals surface area (Å²) >= 11 is 2.41. The van der Waals surface area contributed by atoms with E-state index in [1.807, 2.05) is 24.3 Å². The summed E-state index contributed by atoms with van der Waals surface area (Å²) in [7, 11) is 0. The Kier molecular flexibility index (Phi) is 4.17. The fourth-order valence-corrected chi connectivity index (χ4v) is 5.16. The van der Waals surface area contributed by atoms with E-state index in [9.17, 15) is 0 Å². The molecule has 1 aliphatic rings. The van der Waals surface area contributed by atoms with E-state index >= 15 is 0 Å². The Morgan fingerprint density at radius 2 is 1.10 bits per heavy atom. The lowest BCUT2D eigenvalue weighted by molar-refractivity contribution is 0.767. The smallest absolute Gasteiger partial charge is 0.0714 e. The normalized spacial score (nSPS) is 13.7. The van der Waals surface area contributed by atoms with Crippen LogP contribution < -0.4 is 11.5 Å². The van der Waals surface area contributed by atoms with Crippen LogP contribution in [0.5, 0.6) is 0 Å². The van der Waals surface area contributed by atoms with E-state index in [1.54, 1.807) is 0 Å². The average molecular weight is 488 g/mol. The lowest BCUT2D eigenvalue weighted by Crippen LogP contribution is -2.28. The van der Waals surface area contributed by atoms with Gasteiger partial charge in [0.05, 0.1) is 5.41 Å². The molecule has 29 heavy (non-hydrogen) atoms. The van der Waals surface area contributed by atoms with Gasteiger partial charge >= 0.3 is 0 Å². The molecule has 0 aromatic heterocycles. The summed E-state index contributed by atoms with van der Waals surface area (Å²) < 4.78 is 1.22. The molecule has 0 radical (unpaired) electrons. The third-order valence-corrected chi connectivity index (χ3v) is 6.61. The van der Waals surface area contributed by atoms with Crippen molar-refractivity contribution in [2.24, 2.45) is 0 Å².